The first kappa shape index (κ1) is 18.2. The van der Waals surface area contributed by atoms with Gasteiger partial charge in [-0.2, -0.15) is 0 Å². The molecular formula is C22H19NO4. The minimum Gasteiger partial charge on any atom is -0.465 e. The summed E-state index contributed by atoms with van der Waals surface area (Å²) in [4.78, 5) is 24.0. The molecule has 0 saturated carbocycles. The molecule has 0 aliphatic carbocycles. The predicted molar refractivity (Wildman–Crippen MR) is 103 cm³/mol. The summed E-state index contributed by atoms with van der Waals surface area (Å²) in [6.45, 7) is 0.111. The number of carbonyl (C=O) groups excluding carboxylic acids is 2. The van der Waals surface area contributed by atoms with Gasteiger partial charge in [0.25, 0.3) is 0 Å². The van der Waals surface area contributed by atoms with E-state index in [1.807, 2.05) is 42.5 Å². The normalized spacial score (nSPS) is 10.1. The van der Waals surface area contributed by atoms with E-state index in [1.165, 1.54) is 7.11 Å². The van der Waals surface area contributed by atoms with Crippen LogP contribution in [0, 0.1) is 0 Å². The van der Waals surface area contributed by atoms with E-state index in [2.05, 4.69) is 10.1 Å². The van der Waals surface area contributed by atoms with Crippen LogP contribution in [-0.4, -0.2) is 19.0 Å². The van der Waals surface area contributed by atoms with Crippen molar-refractivity contribution >= 4 is 23.3 Å². The van der Waals surface area contributed by atoms with Crippen molar-refractivity contribution in [3.63, 3.8) is 0 Å². The standard InChI is InChI=1S/C22H19NO4/c1-26-21(24)17-13-11-16(12-14-17)15-27-22(25)19-9-5-6-10-20(19)23-18-7-3-2-4-8-18/h2-14,23H,15H2,1H3. The summed E-state index contributed by atoms with van der Waals surface area (Å²) in [6.07, 6.45) is 0. The second kappa shape index (κ2) is 8.67. The maximum Gasteiger partial charge on any atom is 0.340 e. The summed E-state index contributed by atoms with van der Waals surface area (Å²) in [5.74, 6) is -0.828. The molecule has 5 heteroatoms. The maximum absolute atomic E-state index is 12.5. The van der Waals surface area contributed by atoms with Crippen molar-refractivity contribution in [2.24, 2.45) is 0 Å². The zero-order valence-electron chi connectivity index (χ0n) is 14.8. The zero-order valence-corrected chi connectivity index (χ0v) is 14.8. The number of ether oxygens (including phenoxy) is 2. The van der Waals surface area contributed by atoms with Gasteiger partial charge in [-0.1, -0.05) is 42.5 Å². The van der Waals surface area contributed by atoms with Gasteiger partial charge in [0.15, 0.2) is 0 Å². The predicted octanol–water partition coefficient (Wildman–Crippen LogP) is 4.57. The zero-order chi connectivity index (χ0) is 19.1. The first-order valence-corrected chi connectivity index (χ1v) is 8.43. The van der Waals surface area contributed by atoms with Crippen LogP contribution in [0.1, 0.15) is 26.3 Å². The molecule has 0 heterocycles. The van der Waals surface area contributed by atoms with Gasteiger partial charge < -0.3 is 14.8 Å². The Morgan fingerprint density at radius 1 is 0.815 bits per heavy atom. The third-order valence-corrected chi connectivity index (χ3v) is 3.94. The second-order valence-corrected chi connectivity index (χ2v) is 5.80. The van der Waals surface area contributed by atoms with Crippen LogP contribution in [0.2, 0.25) is 0 Å². The smallest absolute Gasteiger partial charge is 0.340 e. The van der Waals surface area contributed by atoms with Gasteiger partial charge >= 0.3 is 11.9 Å². The van der Waals surface area contributed by atoms with Gasteiger partial charge in [-0.05, 0) is 42.0 Å². The molecule has 0 radical (unpaired) electrons. The number of benzene rings is 3. The minimum absolute atomic E-state index is 0.111. The first-order chi connectivity index (χ1) is 13.2. The Kier molecular flexibility index (Phi) is 5.84. The molecule has 3 aromatic rings. The van der Waals surface area contributed by atoms with Gasteiger partial charge in [-0.3, -0.25) is 0 Å². The fourth-order valence-corrected chi connectivity index (χ4v) is 2.53. The topological polar surface area (TPSA) is 64.6 Å². The Hall–Kier alpha value is -3.60. The molecule has 0 atom stereocenters. The molecule has 3 rings (SSSR count). The second-order valence-electron chi connectivity index (χ2n) is 5.80. The number of nitrogens with one attached hydrogen (secondary N) is 1. The van der Waals surface area contributed by atoms with E-state index < -0.39 is 11.9 Å². The number of hydrogen-bond donors (Lipinski definition) is 1. The average Bonchev–Trinajstić information content (AvgIpc) is 2.73. The molecule has 136 valence electrons. The molecule has 0 unspecified atom stereocenters. The SMILES string of the molecule is COC(=O)c1ccc(COC(=O)c2ccccc2Nc2ccccc2)cc1. The van der Waals surface area contributed by atoms with Crippen LogP contribution in [0.15, 0.2) is 78.9 Å². The van der Waals surface area contributed by atoms with E-state index in [0.29, 0.717) is 16.8 Å². The minimum atomic E-state index is -0.425. The van der Waals surface area contributed by atoms with Crippen LogP contribution in [0.4, 0.5) is 11.4 Å². The van der Waals surface area contributed by atoms with E-state index in [0.717, 1.165) is 11.3 Å². The van der Waals surface area contributed by atoms with Crippen molar-refractivity contribution < 1.29 is 19.1 Å². The van der Waals surface area contributed by atoms with E-state index in [9.17, 15) is 9.59 Å². The average molecular weight is 361 g/mol. The van der Waals surface area contributed by atoms with E-state index in [4.69, 9.17) is 4.74 Å². The highest BCUT2D eigenvalue weighted by atomic mass is 16.5. The number of hydrogen-bond acceptors (Lipinski definition) is 5. The van der Waals surface area contributed by atoms with Crippen LogP contribution < -0.4 is 5.32 Å². The third kappa shape index (κ3) is 4.73. The number of esters is 2. The lowest BCUT2D eigenvalue weighted by atomic mass is 10.1. The summed E-state index contributed by atoms with van der Waals surface area (Å²) in [5.41, 5.74) is 3.24. The molecule has 3 aromatic carbocycles. The molecule has 0 aromatic heterocycles. The van der Waals surface area contributed by atoms with Crippen LogP contribution in [-0.2, 0) is 16.1 Å². The summed E-state index contributed by atoms with van der Waals surface area (Å²) < 4.78 is 10.1. The van der Waals surface area contributed by atoms with Crippen molar-refractivity contribution in [1.29, 1.82) is 0 Å². The van der Waals surface area contributed by atoms with E-state index in [-0.39, 0.29) is 6.61 Å². The van der Waals surface area contributed by atoms with Gasteiger partial charge in [0.1, 0.15) is 6.61 Å². The molecule has 0 bridgehead atoms. The lowest BCUT2D eigenvalue weighted by Gasteiger charge is -2.12. The molecule has 0 spiro atoms. The van der Waals surface area contributed by atoms with Crippen LogP contribution in [0.5, 0.6) is 0 Å². The van der Waals surface area contributed by atoms with Gasteiger partial charge in [-0.15, -0.1) is 0 Å². The van der Waals surface area contributed by atoms with Crippen LogP contribution in [0.25, 0.3) is 0 Å². The molecular weight excluding hydrogens is 342 g/mol. The van der Waals surface area contributed by atoms with Crippen molar-refractivity contribution in [1.82, 2.24) is 0 Å². The number of carbonyl (C=O) groups is 2. The molecule has 1 N–H and O–H groups in total. The highest BCUT2D eigenvalue weighted by Gasteiger charge is 2.13. The quantitative estimate of drug-likeness (QED) is 0.651. The molecule has 0 aliphatic heterocycles. The molecule has 0 saturated heterocycles. The monoisotopic (exact) mass is 361 g/mol. The third-order valence-electron chi connectivity index (χ3n) is 3.94. The highest BCUT2D eigenvalue weighted by Crippen LogP contribution is 2.22. The Labute approximate surface area is 157 Å². The first-order valence-electron chi connectivity index (χ1n) is 8.43. The van der Waals surface area contributed by atoms with Crippen LogP contribution >= 0.6 is 0 Å². The van der Waals surface area contributed by atoms with Crippen molar-refractivity contribution in [3.8, 4) is 0 Å². The van der Waals surface area contributed by atoms with E-state index in [1.54, 1.807) is 36.4 Å². The fourth-order valence-electron chi connectivity index (χ4n) is 2.53. The van der Waals surface area contributed by atoms with Crippen molar-refractivity contribution in [2.75, 3.05) is 12.4 Å². The number of para-hydroxylation sites is 2. The molecule has 5 nitrogen and oxygen atoms in total. The Morgan fingerprint density at radius 3 is 2.19 bits per heavy atom. The van der Waals surface area contributed by atoms with Gasteiger partial charge in [0, 0.05) is 5.69 Å². The highest BCUT2D eigenvalue weighted by molar-refractivity contribution is 5.96. The molecule has 0 aliphatic rings. The number of methoxy groups -OCH3 is 1. The van der Waals surface area contributed by atoms with Crippen LogP contribution in [0.3, 0.4) is 0 Å². The Morgan fingerprint density at radius 2 is 1.48 bits per heavy atom. The lowest BCUT2D eigenvalue weighted by molar-refractivity contribution is 0.0472. The Balaban J connectivity index is 1.67. The van der Waals surface area contributed by atoms with Crippen molar-refractivity contribution in [2.45, 2.75) is 6.61 Å². The van der Waals surface area contributed by atoms with Crippen molar-refractivity contribution in [3.05, 3.63) is 95.6 Å². The largest absolute Gasteiger partial charge is 0.465 e. The fraction of sp³-hybridized carbons (Fsp3) is 0.0909. The van der Waals surface area contributed by atoms with Gasteiger partial charge in [-0.25, -0.2) is 9.59 Å². The number of anilines is 2. The van der Waals surface area contributed by atoms with Gasteiger partial charge in [0.2, 0.25) is 0 Å². The number of rotatable bonds is 6. The summed E-state index contributed by atoms with van der Waals surface area (Å²) in [6, 6.07) is 23.5. The summed E-state index contributed by atoms with van der Waals surface area (Å²) in [5, 5.41) is 3.23. The lowest BCUT2D eigenvalue weighted by Crippen LogP contribution is -2.08. The molecule has 0 fully saturated rings. The van der Waals surface area contributed by atoms with Gasteiger partial charge in [0.05, 0.1) is 23.9 Å². The summed E-state index contributed by atoms with van der Waals surface area (Å²) in [7, 11) is 1.33. The Bertz CT molecular complexity index is 921. The molecule has 0 amide bonds. The van der Waals surface area contributed by atoms with E-state index >= 15 is 0 Å². The summed E-state index contributed by atoms with van der Waals surface area (Å²) >= 11 is 0. The molecule has 27 heavy (non-hydrogen) atoms. The maximum atomic E-state index is 12.5.